The lowest BCUT2D eigenvalue weighted by Gasteiger charge is -2.14. The Balaban J connectivity index is 0.000000921. The Morgan fingerprint density at radius 1 is 1.13 bits per heavy atom. The van der Waals surface area contributed by atoms with E-state index in [0.717, 1.165) is 0 Å². The van der Waals surface area contributed by atoms with E-state index in [2.05, 4.69) is 0 Å². The summed E-state index contributed by atoms with van der Waals surface area (Å²) >= 11 is 0. The smallest absolute Gasteiger partial charge is 0.166 e. The van der Waals surface area contributed by atoms with Crippen LogP contribution in [0.25, 0.3) is 0 Å². The molecule has 0 saturated carbocycles. The Kier molecular flexibility index (Phi) is 5.40. The predicted molar refractivity (Wildman–Crippen MR) is 56.9 cm³/mol. The van der Waals surface area contributed by atoms with Crippen molar-refractivity contribution >= 4 is 0 Å². The quantitative estimate of drug-likeness (QED) is 0.646. The van der Waals surface area contributed by atoms with Gasteiger partial charge < -0.3 is 0 Å². The second kappa shape index (κ2) is 5.79. The van der Waals surface area contributed by atoms with Gasteiger partial charge in [-0.3, -0.25) is 0 Å². The minimum Gasteiger partial charge on any atom is -0.166 e. The molecule has 0 nitrogen and oxygen atoms in total. The average molecular weight is 218 g/mol. The molecule has 0 amide bonds. The third-order valence-electron chi connectivity index (χ3n) is 2.02. The highest BCUT2D eigenvalue weighted by Crippen LogP contribution is 2.34. The number of hydrogen-bond donors (Lipinski definition) is 0. The summed E-state index contributed by atoms with van der Waals surface area (Å²) in [5.41, 5.74) is 0.192. The third-order valence-corrected chi connectivity index (χ3v) is 2.02. The lowest BCUT2D eigenvalue weighted by Crippen LogP contribution is -2.10. The van der Waals surface area contributed by atoms with Crippen LogP contribution in [0.3, 0.4) is 0 Å². The van der Waals surface area contributed by atoms with Crippen molar-refractivity contribution in [1.29, 1.82) is 0 Å². The first-order valence-corrected chi connectivity index (χ1v) is 5.12. The monoisotopic (exact) mass is 218 g/mol. The van der Waals surface area contributed by atoms with E-state index >= 15 is 0 Å². The molecule has 0 heterocycles. The first-order valence-electron chi connectivity index (χ1n) is 5.12. The molecule has 86 valence electrons. The number of alkyl halides is 3. The molecule has 0 unspecified atom stereocenters. The van der Waals surface area contributed by atoms with Crippen molar-refractivity contribution in [2.45, 2.75) is 40.3 Å². The minimum absolute atomic E-state index is 0.298. The van der Waals surface area contributed by atoms with Crippen LogP contribution in [-0.4, -0.2) is 0 Å². The second-order valence-corrected chi connectivity index (χ2v) is 2.96. The van der Waals surface area contributed by atoms with Crippen LogP contribution in [0, 0.1) is 6.92 Å². The molecule has 0 radical (unpaired) electrons. The first kappa shape index (κ1) is 14.0. The second-order valence-electron chi connectivity index (χ2n) is 2.96. The van der Waals surface area contributed by atoms with Crippen molar-refractivity contribution in [3.05, 3.63) is 34.9 Å². The fourth-order valence-electron chi connectivity index (χ4n) is 1.43. The van der Waals surface area contributed by atoms with Crippen molar-refractivity contribution in [2.24, 2.45) is 0 Å². The maximum absolute atomic E-state index is 12.5. The van der Waals surface area contributed by atoms with Gasteiger partial charge in [0.1, 0.15) is 0 Å². The number of benzene rings is 1. The minimum atomic E-state index is -4.23. The van der Waals surface area contributed by atoms with E-state index in [0.29, 0.717) is 17.5 Å². The molecule has 0 atom stereocenters. The van der Waals surface area contributed by atoms with Crippen LogP contribution in [0.5, 0.6) is 0 Å². The van der Waals surface area contributed by atoms with Crippen LogP contribution >= 0.6 is 0 Å². The molecular weight excluding hydrogens is 201 g/mol. The Morgan fingerprint density at radius 2 is 1.67 bits per heavy atom. The Morgan fingerprint density at radius 3 is 2.00 bits per heavy atom. The molecule has 3 heteroatoms. The highest BCUT2D eigenvalue weighted by Gasteiger charge is 2.34. The number of hydrogen-bond acceptors (Lipinski definition) is 0. The largest absolute Gasteiger partial charge is 0.416 e. The third kappa shape index (κ3) is 3.57. The van der Waals surface area contributed by atoms with Crippen molar-refractivity contribution < 1.29 is 13.2 Å². The fourth-order valence-corrected chi connectivity index (χ4v) is 1.43. The van der Waals surface area contributed by atoms with Gasteiger partial charge in [-0.2, -0.15) is 13.2 Å². The normalized spacial score (nSPS) is 10.6. The van der Waals surface area contributed by atoms with E-state index in [9.17, 15) is 13.2 Å². The lowest BCUT2D eigenvalue weighted by atomic mass is 10.00. The van der Waals surface area contributed by atoms with E-state index in [1.165, 1.54) is 19.1 Å². The van der Waals surface area contributed by atoms with Crippen molar-refractivity contribution in [3.8, 4) is 0 Å². The number of aryl methyl sites for hydroxylation is 2. The topological polar surface area (TPSA) is 0 Å². The number of halogens is 3. The molecule has 0 bridgehead atoms. The summed E-state index contributed by atoms with van der Waals surface area (Å²) in [6.45, 7) is 7.21. The van der Waals surface area contributed by atoms with E-state index in [-0.39, 0.29) is 0 Å². The summed E-state index contributed by atoms with van der Waals surface area (Å²) in [5, 5.41) is 0. The molecule has 1 rings (SSSR count). The van der Waals surface area contributed by atoms with E-state index in [4.69, 9.17) is 0 Å². The molecule has 0 aliphatic carbocycles. The average Bonchev–Trinajstić information content (AvgIpc) is 2.18. The Hall–Kier alpha value is -0.990. The van der Waals surface area contributed by atoms with Gasteiger partial charge >= 0.3 is 6.18 Å². The van der Waals surface area contributed by atoms with Gasteiger partial charge in [0.05, 0.1) is 5.56 Å². The van der Waals surface area contributed by atoms with Gasteiger partial charge in [0.15, 0.2) is 0 Å². The van der Waals surface area contributed by atoms with Crippen LogP contribution in [-0.2, 0) is 12.6 Å². The summed E-state index contributed by atoms with van der Waals surface area (Å²) in [7, 11) is 0. The zero-order valence-electron chi connectivity index (χ0n) is 9.57. The maximum atomic E-state index is 12.5. The van der Waals surface area contributed by atoms with Gasteiger partial charge in [-0.1, -0.05) is 39.0 Å². The maximum Gasteiger partial charge on any atom is 0.416 e. The van der Waals surface area contributed by atoms with E-state index in [1.807, 2.05) is 13.8 Å². The zero-order chi connectivity index (χ0) is 12.1. The highest BCUT2D eigenvalue weighted by atomic mass is 19.4. The van der Waals surface area contributed by atoms with Crippen LogP contribution in [0.2, 0.25) is 0 Å². The summed E-state index contributed by atoms with van der Waals surface area (Å²) < 4.78 is 37.5. The van der Waals surface area contributed by atoms with E-state index < -0.39 is 11.7 Å². The molecule has 0 aromatic heterocycles. The molecule has 0 N–H and O–H groups in total. The zero-order valence-corrected chi connectivity index (χ0v) is 9.57. The van der Waals surface area contributed by atoms with Crippen molar-refractivity contribution in [3.63, 3.8) is 0 Å². The lowest BCUT2D eigenvalue weighted by molar-refractivity contribution is -0.138. The molecule has 0 fully saturated rings. The van der Waals surface area contributed by atoms with Crippen LogP contribution in [0.15, 0.2) is 18.2 Å². The molecule has 1 aromatic rings. The van der Waals surface area contributed by atoms with Gasteiger partial charge in [-0.05, 0) is 24.5 Å². The Bertz CT molecular complexity index is 300. The predicted octanol–water partition coefficient (Wildman–Crippen LogP) is 4.60. The molecule has 0 spiro atoms. The summed E-state index contributed by atoms with van der Waals surface area (Å²) in [6, 6.07) is 4.67. The molecule has 0 aliphatic heterocycles. The molecule has 1 aromatic carbocycles. The number of rotatable bonds is 1. The van der Waals surface area contributed by atoms with Gasteiger partial charge in [0.25, 0.3) is 0 Å². The summed E-state index contributed by atoms with van der Waals surface area (Å²) in [6.07, 6.45) is -3.81. The summed E-state index contributed by atoms with van der Waals surface area (Å²) in [5.74, 6) is 0. The fraction of sp³-hybridized carbons (Fsp3) is 0.500. The van der Waals surface area contributed by atoms with Gasteiger partial charge in [-0.15, -0.1) is 0 Å². The van der Waals surface area contributed by atoms with Gasteiger partial charge in [0, 0.05) is 0 Å². The van der Waals surface area contributed by atoms with E-state index in [1.54, 1.807) is 13.0 Å². The van der Waals surface area contributed by atoms with Crippen LogP contribution in [0.1, 0.15) is 37.5 Å². The molecule has 15 heavy (non-hydrogen) atoms. The van der Waals surface area contributed by atoms with Crippen molar-refractivity contribution in [1.82, 2.24) is 0 Å². The molecular formula is C12H17F3. The standard InChI is InChI=1S/C10H11F3.C2H6/c1-3-8-6-4-5-7(2)9(8)10(11,12)13;1-2/h4-6H,3H2,1-2H3;1-2H3. The molecule has 0 aliphatic rings. The SMILES string of the molecule is CC.CCc1cccc(C)c1C(F)(F)F. The van der Waals surface area contributed by atoms with Crippen LogP contribution in [0.4, 0.5) is 13.2 Å². The Labute approximate surface area is 89.1 Å². The molecule has 0 saturated heterocycles. The van der Waals surface area contributed by atoms with Gasteiger partial charge in [0.2, 0.25) is 0 Å². The van der Waals surface area contributed by atoms with Gasteiger partial charge in [-0.25, -0.2) is 0 Å². The van der Waals surface area contributed by atoms with Crippen LogP contribution < -0.4 is 0 Å². The first-order chi connectivity index (χ1) is 6.96. The highest BCUT2D eigenvalue weighted by molar-refractivity contribution is 5.36. The van der Waals surface area contributed by atoms with Crippen molar-refractivity contribution in [2.75, 3.05) is 0 Å². The summed E-state index contributed by atoms with van der Waals surface area (Å²) in [4.78, 5) is 0.